The third-order valence-corrected chi connectivity index (χ3v) is 3.78. The number of rotatable bonds is 4. The molecule has 0 N–H and O–H groups in total. The number of ether oxygens (including phenoxy) is 1. The van der Waals surface area contributed by atoms with Crippen LogP contribution in [0.3, 0.4) is 0 Å². The number of hydrogen-bond acceptors (Lipinski definition) is 2. The molecule has 0 aromatic heterocycles. The van der Waals surface area contributed by atoms with Gasteiger partial charge in [0.25, 0.3) is 0 Å². The molecule has 114 valence electrons. The zero-order valence-corrected chi connectivity index (χ0v) is 13.4. The van der Waals surface area contributed by atoms with Gasteiger partial charge in [-0.1, -0.05) is 54.6 Å². The average Bonchev–Trinajstić information content (AvgIpc) is 2.63. The second-order valence-electron chi connectivity index (χ2n) is 5.34. The number of methoxy groups -OCH3 is 1. The van der Waals surface area contributed by atoms with Crippen LogP contribution in [0.15, 0.2) is 83.9 Å². The smallest absolute Gasteiger partial charge is 0.119 e. The molecule has 0 spiro atoms. The quantitative estimate of drug-likeness (QED) is 0.583. The third kappa shape index (κ3) is 3.67. The first kappa shape index (κ1) is 15.0. The Balaban J connectivity index is 1.81. The molecule has 23 heavy (non-hydrogen) atoms. The summed E-state index contributed by atoms with van der Waals surface area (Å²) in [5, 5.41) is 0. The zero-order chi connectivity index (χ0) is 16.1. The zero-order valence-electron chi connectivity index (χ0n) is 13.4. The minimum absolute atomic E-state index is 0.841. The summed E-state index contributed by atoms with van der Waals surface area (Å²) < 4.78 is 5.17. The molecule has 0 aliphatic rings. The van der Waals surface area contributed by atoms with E-state index in [0.29, 0.717) is 0 Å². The molecular weight excluding hydrogens is 282 g/mol. The molecule has 0 amide bonds. The van der Waals surface area contributed by atoms with Gasteiger partial charge in [-0.25, -0.2) is 0 Å². The van der Waals surface area contributed by atoms with Gasteiger partial charge in [-0.05, 0) is 47.9 Å². The van der Waals surface area contributed by atoms with Gasteiger partial charge in [0.2, 0.25) is 0 Å². The van der Waals surface area contributed by atoms with Crippen LogP contribution in [0, 0.1) is 0 Å². The topological polar surface area (TPSA) is 21.6 Å². The van der Waals surface area contributed by atoms with Crippen LogP contribution in [0.1, 0.15) is 12.5 Å². The summed E-state index contributed by atoms with van der Waals surface area (Å²) in [6.07, 6.45) is 0. The molecule has 0 aliphatic heterocycles. The summed E-state index contributed by atoms with van der Waals surface area (Å²) in [4.78, 5) is 4.67. The van der Waals surface area contributed by atoms with Crippen molar-refractivity contribution in [2.24, 2.45) is 4.99 Å². The lowest BCUT2D eigenvalue weighted by atomic mass is 10.0. The van der Waals surface area contributed by atoms with E-state index in [4.69, 9.17) is 4.74 Å². The highest BCUT2D eigenvalue weighted by Gasteiger charge is 2.01. The van der Waals surface area contributed by atoms with Gasteiger partial charge in [0.05, 0.1) is 12.8 Å². The Morgan fingerprint density at radius 2 is 1.35 bits per heavy atom. The first-order valence-corrected chi connectivity index (χ1v) is 7.61. The summed E-state index contributed by atoms with van der Waals surface area (Å²) in [5.41, 5.74) is 5.49. The fraction of sp³-hybridized carbons (Fsp3) is 0.0952. The predicted octanol–water partition coefficient (Wildman–Crippen LogP) is 5.50. The lowest BCUT2D eigenvalue weighted by molar-refractivity contribution is 0.415. The second-order valence-corrected chi connectivity index (χ2v) is 5.34. The van der Waals surface area contributed by atoms with Gasteiger partial charge in [-0.3, -0.25) is 4.99 Å². The van der Waals surface area contributed by atoms with Crippen LogP contribution in [0.2, 0.25) is 0 Å². The normalized spacial score (nSPS) is 11.3. The highest BCUT2D eigenvalue weighted by atomic mass is 16.5. The Labute approximate surface area is 137 Å². The molecule has 0 bridgehead atoms. The van der Waals surface area contributed by atoms with E-state index in [0.717, 1.165) is 22.7 Å². The first-order chi connectivity index (χ1) is 11.3. The van der Waals surface area contributed by atoms with E-state index in [9.17, 15) is 0 Å². The maximum atomic E-state index is 5.17. The van der Waals surface area contributed by atoms with Crippen LogP contribution in [0.5, 0.6) is 5.75 Å². The van der Waals surface area contributed by atoms with Crippen LogP contribution in [0.4, 0.5) is 5.69 Å². The maximum absolute atomic E-state index is 5.17. The van der Waals surface area contributed by atoms with Crippen molar-refractivity contribution in [3.05, 3.63) is 84.4 Å². The third-order valence-electron chi connectivity index (χ3n) is 3.78. The highest BCUT2D eigenvalue weighted by Crippen LogP contribution is 2.21. The van der Waals surface area contributed by atoms with E-state index < -0.39 is 0 Å². The predicted molar refractivity (Wildman–Crippen MR) is 96.7 cm³/mol. The van der Waals surface area contributed by atoms with Gasteiger partial charge >= 0.3 is 0 Å². The number of benzene rings is 3. The van der Waals surface area contributed by atoms with E-state index in [1.165, 1.54) is 11.1 Å². The van der Waals surface area contributed by atoms with Crippen LogP contribution in [-0.4, -0.2) is 12.8 Å². The molecule has 0 fully saturated rings. The van der Waals surface area contributed by atoms with Crippen molar-refractivity contribution < 1.29 is 4.74 Å². The van der Waals surface area contributed by atoms with E-state index >= 15 is 0 Å². The summed E-state index contributed by atoms with van der Waals surface area (Å²) >= 11 is 0. The largest absolute Gasteiger partial charge is 0.497 e. The number of hydrogen-bond donors (Lipinski definition) is 0. The molecule has 0 aliphatic carbocycles. The van der Waals surface area contributed by atoms with Crippen molar-refractivity contribution in [1.29, 1.82) is 0 Å². The molecule has 0 unspecified atom stereocenters. The Morgan fingerprint density at radius 3 is 1.96 bits per heavy atom. The molecule has 0 radical (unpaired) electrons. The van der Waals surface area contributed by atoms with Gasteiger partial charge in [-0.2, -0.15) is 0 Å². The molecule has 2 heteroatoms. The van der Waals surface area contributed by atoms with Gasteiger partial charge in [0.15, 0.2) is 0 Å². The average molecular weight is 301 g/mol. The summed E-state index contributed by atoms with van der Waals surface area (Å²) in [6, 6.07) is 26.6. The van der Waals surface area contributed by atoms with E-state index in [1.54, 1.807) is 7.11 Å². The van der Waals surface area contributed by atoms with Gasteiger partial charge in [0.1, 0.15) is 5.75 Å². The van der Waals surface area contributed by atoms with E-state index in [1.807, 2.05) is 37.3 Å². The minimum atomic E-state index is 0.841. The van der Waals surface area contributed by atoms with Crippen LogP contribution >= 0.6 is 0 Å². The summed E-state index contributed by atoms with van der Waals surface area (Å²) in [7, 11) is 1.66. The fourth-order valence-electron chi connectivity index (χ4n) is 2.45. The molecule has 3 rings (SSSR count). The molecule has 3 aromatic carbocycles. The maximum Gasteiger partial charge on any atom is 0.119 e. The van der Waals surface area contributed by atoms with Gasteiger partial charge < -0.3 is 4.74 Å². The lowest BCUT2D eigenvalue weighted by Gasteiger charge is -2.05. The Kier molecular flexibility index (Phi) is 4.53. The molecule has 0 heterocycles. The van der Waals surface area contributed by atoms with Crippen molar-refractivity contribution in [3.63, 3.8) is 0 Å². The van der Waals surface area contributed by atoms with Crippen molar-refractivity contribution in [2.75, 3.05) is 7.11 Å². The SMILES string of the molecule is COc1ccc(N=C(C)c2ccc(-c3ccccc3)cc2)cc1. The first-order valence-electron chi connectivity index (χ1n) is 7.61. The van der Waals surface area contributed by atoms with Crippen molar-refractivity contribution >= 4 is 11.4 Å². The minimum Gasteiger partial charge on any atom is -0.497 e. The van der Waals surface area contributed by atoms with Crippen LogP contribution in [0.25, 0.3) is 11.1 Å². The molecule has 2 nitrogen and oxygen atoms in total. The monoisotopic (exact) mass is 301 g/mol. The Bertz CT molecular complexity index is 788. The molecule has 0 saturated heterocycles. The molecule has 0 saturated carbocycles. The van der Waals surface area contributed by atoms with Crippen molar-refractivity contribution in [2.45, 2.75) is 6.92 Å². The number of nitrogens with zero attached hydrogens (tertiary/aromatic N) is 1. The van der Waals surface area contributed by atoms with E-state index in [-0.39, 0.29) is 0 Å². The summed E-state index contributed by atoms with van der Waals surface area (Å²) in [6.45, 7) is 2.03. The van der Waals surface area contributed by atoms with Gasteiger partial charge in [-0.15, -0.1) is 0 Å². The number of aliphatic imine (C=N–C) groups is 1. The Hall–Kier alpha value is -2.87. The molecule has 3 aromatic rings. The highest BCUT2D eigenvalue weighted by molar-refractivity contribution is 6.00. The van der Waals surface area contributed by atoms with Crippen LogP contribution < -0.4 is 4.74 Å². The Morgan fingerprint density at radius 1 is 0.739 bits per heavy atom. The fourth-order valence-corrected chi connectivity index (χ4v) is 2.45. The standard InChI is InChI=1S/C21H19NO/c1-16(22-20-12-14-21(23-2)15-13-20)17-8-10-19(11-9-17)18-6-4-3-5-7-18/h3-15H,1-2H3. The van der Waals surface area contributed by atoms with Crippen molar-refractivity contribution in [3.8, 4) is 16.9 Å². The molecule has 0 atom stereocenters. The lowest BCUT2D eigenvalue weighted by Crippen LogP contribution is -1.93. The summed E-state index contributed by atoms with van der Waals surface area (Å²) in [5.74, 6) is 0.841. The van der Waals surface area contributed by atoms with E-state index in [2.05, 4.69) is 53.5 Å². The second kappa shape index (κ2) is 6.93. The molecular formula is C21H19NO. The van der Waals surface area contributed by atoms with Crippen molar-refractivity contribution in [1.82, 2.24) is 0 Å². The van der Waals surface area contributed by atoms with Crippen LogP contribution in [-0.2, 0) is 0 Å². The van der Waals surface area contributed by atoms with Gasteiger partial charge in [0, 0.05) is 5.71 Å².